The van der Waals surface area contributed by atoms with E-state index in [2.05, 4.69) is 4.98 Å². The summed E-state index contributed by atoms with van der Waals surface area (Å²) in [5.74, 6) is 0.858. The lowest BCUT2D eigenvalue weighted by molar-refractivity contribution is -0.377. The summed E-state index contributed by atoms with van der Waals surface area (Å²) in [6.07, 6.45) is 4.48. The quantitative estimate of drug-likeness (QED) is 0.236. The fourth-order valence-corrected chi connectivity index (χ4v) is 6.26. The van der Waals surface area contributed by atoms with Crippen LogP contribution in [0.3, 0.4) is 0 Å². The molecule has 218 valence electrons. The largest absolute Gasteiger partial charge is 0.508 e. The highest BCUT2D eigenvalue weighted by Crippen LogP contribution is 2.38. The molecular formula is C29H29Cl2F2N2O5S+. The van der Waals surface area contributed by atoms with Crippen molar-refractivity contribution >= 4 is 40.9 Å². The Morgan fingerprint density at radius 2 is 1.90 bits per heavy atom. The zero-order valence-corrected chi connectivity index (χ0v) is 24.2. The number of rotatable bonds is 12. The highest BCUT2D eigenvalue weighted by molar-refractivity contribution is 8.00. The first-order valence-corrected chi connectivity index (χ1v) is 15.0. The number of phenolic OH excluding ortho intramolecular Hbond substituents is 1. The van der Waals surface area contributed by atoms with Crippen molar-refractivity contribution in [3.8, 4) is 17.2 Å². The van der Waals surface area contributed by atoms with Gasteiger partial charge in [0.1, 0.15) is 21.9 Å². The molecule has 2 atom stereocenters. The van der Waals surface area contributed by atoms with Gasteiger partial charge in [0, 0.05) is 30.8 Å². The third-order valence-electron chi connectivity index (χ3n) is 6.86. The van der Waals surface area contributed by atoms with Gasteiger partial charge in [-0.2, -0.15) is 8.78 Å². The zero-order chi connectivity index (χ0) is 28.9. The number of hydrogen-bond donors (Lipinski definition) is 1. The number of H-pyrrole nitrogens is 1. The fraction of sp³-hybridized carbons (Fsp3) is 0.379. The maximum absolute atomic E-state index is 13.6. The predicted molar refractivity (Wildman–Crippen MR) is 152 cm³/mol. The average Bonchev–Trinajstić information content (AvgIpc) is 3.65. The highest BCUT2D eigenvalue weighted by Gasteiger charge is 2.35. The van der Waals surface area contributed by atoms with Crippen LogP contribution in [0.25, 0.3) is 0 Å². The fourth-order valence-electron chi connectivity index (χ4n) is 4.58. The molecule has 3 aromatic rings. The number of aromatic hydroxyl groups is 1. The molecule has 0 unspecified atom stereocenters. The van der Waals surface area contributed by atoms with Crippen molar-refractivity contribution in [1.82, 2.24) is 4.90 Å². The first-order chi connectivity index (χ1) is 19.8. The second-order valence-electron chi connectivity index (χ2n) is 9.96. The summed E-state index contributed by atoms with van der Waals surface area (Å²) < 4.78 is 42.9. The molecule has 1 aliphatic carbocycles. The number of nitrogens with zero attached hydrogens (tertiary/aromatic N) is 1. The minimum atomic E-state index is -3.02. The van der Waals surface area contributed by atoms with Crippen LogP contribution in [-0.4, -0.2) is 46.9 Å². The Labute approximate surface area is 250 Å². The Bertz CT molecular complexity index is 1360. The summed E-state index contributed by atoms with van der Waals surface area (Å²) in [5, 5.41) is 10.00. The van der Waals surface area contributed by atoms with Crippen LogP contribution in [0.15, 0.2) is 54.9 Å². The number of benzene rings is 2. The van der Waals surface area contributed by atoms with E-state index in [9.17, 15) is 18.7 Å². The minimum Gasteiger partial charge on any atom is -0.508 e. The molecule has 1 aromatic heterocycles. The molecule has 0 spiro atoms. The van der Waals surface area contributed by atoms with Crippen molar-refractivity contribution in [3.05, 3.63) is 81.6 Å². The van der Waals surface area contributed by atoms with Gasteiger partial charge in [0.15, 0.2) is 29.3 Å². The monoisotopic (exact) mass is 625 g/mol. The van der Waals surface area contributed by atoms with E-state index in [1.807, 2.05) is 11.0 Å². The standard InChI is InChI=1S/C29H28Cl2F2N2O5S/c30-22-13-34-14-23(31)21(22)12-25(19-6-7-24(40-29(32)33)26(11-19)38-16-17-4-5-17)39-28(37)27-35(8-9-41-27)15-18-2-1-3-20(36)10-18/h1-3,6-7,10-11,13-14,17,25,27,29,36H,4-5,8-9,12,15-16H2/p+1/t25-,27-/m0/s1. The van der Waals surface area contributed by atoms with E-state index in [1.54, 1.807) is 42.7 Å². The average molecular weight is 627 g/mol. The normalized spacial score (nSPS) is 17.9. The van der Waals surface area contributed by atoms with E-state index in [0.717, 1.165) is 24.2 Å². The van der Waals surface area contributed by atoms with Crippen LogP contribution < -0.4 is 14.5 Å². The van der Waals surface area contributed by atoms with Crippen molar-refractivity contribution in [3.63, 3.8) is 0 Å². The number of hydrogen-bond acceptors (Lipinski definition) is 7. The number of alkyl halides is 2. The molecule has 1 saturated heterocycles. The summed E-state index contributed by atoms with van der Waals surface area (Å²) >= 11 is 14.3. The Kier molecular flexibility index (Phi) is 9.75. The Morgan fingerprint density at radius 1 is 1.12 bits per heavy atom. The molecule has 1 saturated carbocycles. The Hall–Kier alpha value is -2.79. The molecule has 41 heavy (non-hydrogen) atoms. The summed E-state index contributed by atoms with van der Waals surface area (Å²) in [5.41, 5.74) is 1.95. The number of phenols is 1. The number of esters is 1. The molecule has 2 aromatic carbocycles. The Balaban J connectivity index is 1.41. The van der Waals surface area contributed by atoms with Crippen LogP contribution in [0, 0.1) is 5.92 Å². The third-order valence-corrected chi connectivity index (χ3v) is 8.75. The van der Waals surface area contributed by atoms with Gasteiger partial charge in [-0.15, -0.1) is 11.8 Å². The van der Waals surface area contributed by atoms with Gasteiger partial charge in [-0.3, -0.25) is 4.90 Å². The maximum atomic E-state index is 13.6. The third kappa shape index (κ3) is 7.94. The van der Waals surface area contributed by atoms with E-state index < -0.39 is 24.1 Å². The van der Waals surface area contributed by atoms with Crippen LogP contribution in [0.4, 0.5) is 8.78 Å². The van der Waals surface area contributed by atoms with Gasteiger partial charge in [0.2, 0.25) is 0 Å². The number of halogens is 4. The topological polar surface area (TPSA) is 82.4 Å². The van der Waals surface area contributed by atoms with E-state index in [0.29, 0.717) is 46.8 Å². The smallest absolute Gasteiger partial charge is 0.387 e. The maximum Gasteiger partial charge on any atom is 0.387 e. The van der Waals surface area contributed by atoms with Gasteiger partial charge < -0.3 is 19.3 Å². The van der Waals surface area contributed by atoms with Crippen molar-refractivity contribution in [2.75, 3.05) is 18.9 Å². The van der Waals surface area contributed by atoms with Gasteiger partial charge in [0.25, 0.3) is 0 Å². The summed E-state index contributed by atoms with van der Waals surface area (Å²) in [6, 6.07) is 11.4. The highest BCUT2D eigenvalue weighted by atomic mass is 35.5. The lowest BCUT2D eigenvalue weighted by atomic mass is 10.0. The number of ether oxygens (including phenoxy) is 3. The number of nitrogens with one attached hydrogen (secondary N) is 1. The number of pyridine rings is 1. The van der Waals surface area contributed by atoms with Crippen LogP contribution in [0.1, 0.15) is 35.6 Å². The summed E-state index contributed by atoms with van der Waals surface area (Å²) in [4.78, 5) is 18.5. The first-order valence-electron chi connectivity index (χ1n) is 13.2. The molecule has 0 radical (unpaired) electrons. The first kappa shape index (κ1) is 29.7. The SMILES string of the molecule is O=C(O[C@@H](Cc1c(Cl)c[nH+]cc1Cl)c1ccc(OC(F)F)c(OCC2CC2)c1)[C@@H]1SCCN1Cc1cccc(O)c1. The van der Waals surface area contributed by atoms with Gasteiger partial charge in [-0.25, -0.2) is 9.78 Å². The molecule has 1 aliphatic heterocycles. The Morgan fingerprint density at radius 3 is 2.61 bits per heavy atom. The number of carbonyl (C=O) groups excluding carboxylic acids is 1. The second-order valence-corrected chi connectivity index (χ2v) is 12.0. The lowest BCUT2D eigenvalue weighted by Gasteiger charge is -2.26. The van der Waals surface area contributed by atoms with E-state index in [4.69, 9.17) is 37.4 Å². The molecule has 0 amide bonds. The van der Waals surface area contributed by atoms with Gasteiger partial charge in [-0.1, -0.05) is 41.4 Å². The van der Waals surface area contributed by atoms with Crippen LogP contribution in [0.5, 0.6) is 17.2 Å². The molecule has 2 heterocycles. The second kappa shape index (κ2) is 13.5. The van der Waals surface area contributed by atoms with Crippen molar-refractivity contribution in [2.24, 2.45) is 5.92 Å². The number of carbonyl (C=O) groups is 1. The van der Waals surface area contributed by atoms with Crippen molar-refractivity contribution in [2.45, 2.75) is 43.9 Å². The van der Waals surface area contributed by atoms with Gasteiger partial charge in [0.05, 0.1) is 6.61 Å². The van der Waals surface area contributed by atoms with E-state index in [1.165, 1.54) is 17.8 Å². The molecule has 0 bridgehead atoms. The van der Waals surface area contributed by atoms with E-state index >= 15 is 0 Å². The summed E-state index contributed by atoms with van der Waals surface area (Å²) in [7, 11) is 0. The molecule has 5 rings (SSSR count). The van der Waals surface area contributed by atoms with Crippen LogP contribution >= 0.6 is 35.0 Å². The van der Waals surface area contributed by atoms with Crippen molar-refractivity contribution in [1.29, 1.82) is 0 Å². The molecule has 2 N–H and O–H groups in total. The van der Waals surface area contributed by atoms with Gasteiger partial charge in [-0.05, 0) is 54.2 Å². The molecule has 2 aliphatic rings. The number of aromatic amines is 1. The number of aromatic nitrogens is 1. The molecule has 2 fully saturated rings. The zero-order valence-electron chi connectivity index (χ0n) is 21.9. The van der Waals surface area contributed by atoms with Crippen LogP contribution in [-0.2, 0) is 22.5 Å². The lowest BCUT2D eigenvalue weighted by Crippen LogP contribution is -2.36. The molecule has 7 nitrogen and oxygen atoms in total. The molecular weight excluding hydrogens is 597 g/mol. The van der Waals surface area contributed by atoms with Gasteiger partial charge >= 0.3 is 12.6 Å². The molecule has 12 heteroatoms. The van der Waals surface area contributed by atoms with E-state index in [-0.39, 0.29) is 23.7 Å². The number of thioether (sulfide) groups is 1. The predicted octanol–water partition coefficient (Wildman–Crippen LogP) is 6.31. The van der Waals surface area contributed by atoms with Crippen molar-refractivity contribution < 1.29 is 37.9 Å². The summed E-state index contributed by atoms with van der Waals surface area (Å²) in [6.45, 7) is -1.53. The minimum absolute atomic E-state index is 0.0940. The van der Waals surface area contributed by atoms with Crippen LogP contribution in [0.2, 0.25) is 10.0 Å².